The molecule has 0 saturated carbocycles. The Morgan fingerprint density at radius 2 is 1.48 bits per heavy atom. The van der Waals surface area contributed by atoms with Crippen molar-refractivity contribution in [2.24, 2.45) is 0 Å². The Balaban J connectivity index is 1.85. The topological polar surface area (TPSA) is 68.3 Å². The van der Waals surface area contributed by atoms with E-state index < -0.39 is 0 Å². The second-order valence-corrected chi connectivity index (χ2v) is 8.57. The lowest BCUT2D eigenvalue weighted by molar-refractivity contribution is -0.143. The van der Waals surface area contributed by atoms with Gasteiger partial charge in [-0.1, -0.05) is 30.3 Å². The van der Waals surface area contributed by atoms with Crippen LogP contribution in [0, 0.1) is 0 Å². The molecule has 0 fully saturated rings. The van der Waals surface area contributed by atoms with E-state index in [2.05, 4.69) is 0 Å². The molecule has 0 saturated heterocycles. The quantitative estimate of drug-likeness (QED) is 0.665. The predicted octanol–water partition coefficient (Wildman–Crippen LogP) is 3.91. The fourth-order valence-electron chi connectivity index (χ4n) is 5.03. The zero-order chi connectivity index (χ0) is 23.7. The number of amides is 1. The molecule has 1 heterocycles. The van der Waals surface area contributed by atoms with Crippen molar-refractivity contribution in [3.63, 3.8) is 0 Å². The summed E-state index contributed by atoms with van der Waals surface area (Å²) in [4.78, 5) is 26.9. The molecule has 1 aliphatic heterocycles. The first-order chi connectivity index (χ1) is 15.9. The van der Waals surface area contributed by atoms with Gasteiger partial charge in [-0.2, -0.15) is 0 Å². The number of carbonyl (C=O) groups excluding carboxylic acids is 2. The molecule has 1 amide bonds. The zero-order valence-electron chi connectivity index (χ0n) is 19.8. The summed E-state index contributed by atoms with van der Waals surface area (Å²) in [5.41, 5.74) is 3.39. The molecule has 0 bridgehead atoms. The van der Waals surface area contributed by atoms with Crippen LogP contribution in [0.15, 0.2) is 53.7 Å². The number of carbonyl (C=O) groups is 2. The van der Waals surface area contributed by atoms with Crippen molar-refractivity contribution < 1.29 is 23.8 Å². The highest BCUT2D eigenvalue weighted by atomic mass is 16.5. The minimum Gasteiger partial charge on any atom is -0.493 e. The first-order valence-corrected chi connectivity index (χ1v) is 11.0. The first-order valence-electron chi connectivity index (χ1n) is 11.0. The minimum absolute atomic E-state index is 0.0337. The van der Waals surface area contributed by atoms with Crippen molar-refractivity contribution in [1.29, 1.82) is 0 Å². The lowest BCUT2D eigenvalue weighted by atomic mass is 9.73. The van der Waals surface area contributed by atoms with E-state index in [1.165, 1.54) is 0 Å². The molecule has 174 valence electrons. The van der Waals surface area contributed by atoms with Gasteiger partial charge in [0.15, 0.2) is 17.3 Å². The lowest BCUT2D eigenvalue weighted by Crippen LogP contribution is -2.47. The monoisotopic (exact) mass is 450 g/mol. The van der Waals surface area contributed by atoms with Crippen molar-refractivity contribution in [3.8, 4) is 17.2 Å². The van der Waals surface area contributed by atoms with Crippen LogP contribution < -0.4 is 14.2 Å². The number of allylic oxidation sites excluding steroid dienone is 2. The Morgan fingerprint density at radius 1 is 0.848 bits per heavy atom. The smallest absolute Gasteiger partial charge is 0.242 e. The van der Waals surface area contributed by atoms with Gasteiger partial charge in [0.1, 0.15) is 0 Å². The van der Waals surface area contributed by atoms with Gasteiger partial charge in [0, 0.05) is 44.1 Å². The summed E-state index contributed by atoms with van der Waals surface area (Å²) in [6.45, 7) is 0. The zero-order valence-corrected chi connectivity index (χ0v) is 19.8. The van der Waals surface area contributed by atoms with Crippen LogP contribution in [0.25, 0.3) is 0 Å². The Hall–Kier alpha value is -3.32. The molecular weight excluding hydrogens is 420 g/mol. The summed E-state index contributed by atoms with van der Waals surface area (Å²) in [7, 11) is 8.33. The highest BCUT2D eigenvalue weighted by Gasteiger charge is 2.43. The van der Waals surface area contributed by atoms with Gasteiger partial charge in [-0.3, -0.25) is 9.59 Å². The first kappa shape index (κ1) is 22.9. The maximum Gasteiger partial charge on any atom is 0.242 e. The van der Waals surface area contributed by atoms with Gasteiger partial charge in [0.05, 0.1) is 21.3 Å². The van der Waals surface area contributed by atoms with Gasteiger partial charge in [-0.15, -0.1) is 0 Å². The van der Waals surface area contributed by atoms with Gasteiger partial charge in [0.25, 0.3) is 0 Å². The number of benzene rings is 2. The molecule has 0 radical (unpaired) electrons. The van der Waals surface area contributed by atoms with Crippen LogP contribution in [0.1, 0.15) is 42.2 Å². The van der Waals surface area contributed by atoms with Crippen molar-refractivity contribution in [2.75, 3.05) is 35.4 Å². The van der Waals surface area contributed by atoms with Gasteiger partial charge in [0.2, 0.25) is 11.7 Å². The second kappa shape index (κ2) is 9.27. The molecule has 33 heavy (non-hydrogen) atoms. The van der Waals surface area contributed by atoms with Crippen LogP contribution >= 0.6 is 0 Å². The van der Waals surface area contributed by atoms with Gasteiger partial charge in [-0.05, 0) is 35.6 Å². The third kappa shape index (κ3) is 4.09. The third-order valence-electron chi connectivity index (χ3n) is 6.46. The number of hydrazine groups is 1. The molecule has 2 atom stereocenters. The van der Waals surface area contributed by atoms with Crippen LogP contribution in [-0.2, 0) is 9.59 Å². The molecule has 2 aromatic rings. The Kier molecular flexibility index (Phi) is 6.42. The number of hydrogen-bond donors (Lipinski definition) is 0. The van der Waals surface area contributed by atoms with Crippen molar-refractivity contribution in [2.45, 2.75) is 31.1 Å². The van der Waals surface area contributed by atoms with E-state index in [4.69, 9.17) is 14.2 Å². The Bertz CT molecular complexity index is 1070. The summed E-state index contributed by atoms with van der Waals surface area (Å²) < 4.78 is 16.5. The van der Waals surface area contributed by atoms with Gasteiger partial charge < -0.3 is 14.2 Å². The molecule has 7 nitrogen and oxygen atoms in total. The number of nitrogens with zero attached hydrogens (tertiary/aromatic N) is 2. The van der Waals surface area contributed by atoms with E-state index in [1.807, 2.05) is 56.6 Å². The van der Waals surface area contributed by atoms with E-state index in [9.17, 15) is 9.59 Å². The molecule has 2 aromatic carbocycles. The van der Waals surface area contributed by atoms with E-state index in [0.717, 1.165) is 16.8 Å². The molecule has 0 N–H and O–H groups in total. The second-order valence-electron chi connectivity index (χ2n) is 8.57. The molecule has 2 unspecified atom stereocenters. The number of hydrogen-bond acceptors (Lipinski definition) is 6. The highest BCUT2D eigenvalue weighted by Crippen LogP contribution is 2.48. The fourth-order valence-corrected chi connectivity index (χ4v) is 5.03. The number of ether oxygens (including phenoxy) is 3. The number of methoxy groups -OCH3 is 3. The van der Waals surface area contributed by atoms with Crippen molar-refractivity contribution in [3.05, 3.63) is 64.9 Å². The molecule has 0 spiro atoms. The number of ketones is 1. The summed E-state index contributed by atoms with van der Waals surface area (Å²) >= 11 is 0. The average Bonchev–Trinajstić information content (AvgIpc) is 2.82. The summed E-state index contributed by atoms with van der Waals surface area (Å²) in [5.74, 6) is 1.17. The number of rotatable bonds is 6. The standard InChI is InChI=1S/C26H30N2O5/c1-27(2)28-20-11-17(16-9-7-6-8-10-16)12-21(29)25(20)19(15-24(28)30)18-13-22(31-3)26(33-5)23(14-18)32-4/h6-10,13-14,17,19H,11-12,15H2,1-5H3. The van der Waals surface area contributed by atoms with E-state index in [-0.39, 0.29) is 29.9 Å². The van der Waals surface area contributed by atoms with E-state index >= 15 is 0 Å². The SMILES string of the molecule is COc1cc(C2CC(=O)N(N(C)C)C3=C2C(=O)CC(c2ccccc2)C3)cc(OC)c1OC. The van der Waals surface area contributed by atoms with Gasteiger partial charge >= 0.3 is 0 Å². The van der Waals surface area contributed by atoms with Crippen LogP contribution in [0.4, 0.5) is 0 Å². The van der Waals surface area contributed by atoms with E-state index in [1.54, 1.807) is 31.3 Å². The lowest BCUT2D eigenvalue weighted by Gasteiger charge is -2.42. The average molecular weight is 451 g/mol. The molecule has 1 aliphatic carbocycles. The molecule has 0 aromatic heterocycles. The Morgan fingerprint density at radius 3 is 2.03 bits per heavy atom. The van der Waals surface area contributed by atoms with Crippen LogP contribution in [0.3, 0.4) is 0 Å². The minimum atomic E-state index is -0.373. The van der Waals surface area contributed by atoms with Gasteiger partial charge in [-0.25, -0.2) is 10.0 Å². The molecule has 7 heteroatoms. The van der Waals surface area contributed by atoms with E-state index in [0.29, 0.717) is 35.7 Å². The Labute approximate surface area is 194 Å². The van der Waals surface area contributed by atoms with Crippen LogP contribution in [0.2, 0.25) is 0 Å². The van der Waals surface area contributed by atoms with Crippen LogP contribution in [0.5, 0.6) is 17.2 Å². The highest BCUT2D eigenvalue weighted by molar-refractivity contribution is 6.02. The normalized spacial score (nSPS) is 20.7. The molecule has 2 aliphatic rings. The third-order valence-corrected chi connectivity index (χ3v) is 6.46. The van der Waals surface area contributed by atoms with Crippen LogP contribution in [-0.4, -0.2) is 57.1 Å². The predicted molar refractivity (Wildman–Crippen MR) is 124 cm³/mol. The maximum atomic E-state index is 13.6. The van der Waals surface area contributed by atoms with Crippen molar-refractivity contribution in [1.82, 2.24) is 10.0 Å². The van der Waals surface area contributed by atoms with Crippen molar-refractivity contribution >= 4 is 11.7 Å². The fraction of sp³-hybridized carbons (Fsp3) is 0.385. The summed E-state index contributed by atoms with van der Waals surface area (Å²) in [6.07, 6.45) is 1.23. The molecular formula is C26H30N2O5. The summed E-state index contributed by atoms with van der Waals surface area (Å²) in [6, 6.07) is 13.7. The largest absolute Gasteiger partial charge is 0.493 e. The molecule has 4 rings (SSSR count). The maximum absolute atomic E-state index is 13.6. The number of Topliss-reactive ketones (excluding diaryl/α,β-unsaturated/α-hetero) is 1. The summed E-state index contributed by atoms with van der Waals surface area (Å²) in [5, 5.41) is 3.43.